The zero-order chi connectivity index (χ0) is 17.0. The number of carboxylic acid groups (broad SMARTS) is 1. The Balaban J connectivity index is 2.10. The molecule has 9 nitrogen and oxygen atoms in total. The third-order valence-corrected chi connectivity index (χ3v) is 3.18. The fourth-order valence-corrected chi connectivity index (χ4v) is 2.04. The number of rotatable bonds is 6. The highest BCUT2D eigenvalue weighted by molar-refractivity contribution is 7.67. The molecule has 2 aromatic rings. The molecule has 0 fully saturated rings. The minimum absolute atomic E-state index is 0.0295. The van der Waals surface area contributed by atoms with E-state index in [1.165, 1.54) is 19.1 Å². The van der Waals surface area contributed by atoms with Gasteiger partial charge in [0.15, 0.2) is 5.69 Å². The van der Waals surface area contributed by atoms with Crippen molar-refractivity contribution in [2.75, 3.05) is 5.32 Å². The summed E-state index contributed by atoms with van der Waals surface area (Å²) in [5.74, 6) is -2.01. The number of carbonyl (C=O) groups excluding carboxylic acids is 1. The number of benzene rings is 1. The van der Waals surface area contributed by atoms with Crippen LogP contribution in [0.3, 0.4) is 0 Å². The van der Waals surface area contributed by atoms with E-state index < -0.39 is 22.9 Å². The van der Waals surface area contributed by atoms with Gasteiger partial charge in [-0.25, -0.2) is 13.2 Å². The molecule has 0 aliphatic carbocycles. The third kappa shape index (κ3) is 4.14. The molecule has 0 radical (unpaired) electrons. The summed E-state index contributed by atoms with van der Waals surface area (Å²) < 4.78 is 29.8. The fraction of sp³-hybridized carbons (Fsp3) is 0.154. The predicted molar refractivity (Wildman–Crippen MR) is 77.7 cm³/mol. The van der Waals surface area contributed by atoms with Crippen molar-refractivity contribution in [3.63, 3.8) is 0 Å². The fourth-order valence-electron chi connectivity index (χ4n) is 1.78. The molecular formula is C13H12N2O7S. The molecule has 1 aromatic carbocycles. The van der Waals surface area contributed by atoms with Gasteiger partial charge in [0.2, 0.25) is 0 Å². The van der Waals surface area contributed by atoms with E-state index in [1.807, 2.05) is 0 Å². The molecule has 0 bridgehead atoms. The van der Waals surface area contributed by atoms with Gasteiger partial charge in [-0.2, -0.15) is 0 Å². The van der Waals surface area contributed by atoms with E-state index in [9.17, 15) is 18.0 Å². The Morgan fingerprint density at radius 1 is 1.30 bits per heavy atom. The number of hydrogen-bond donors (Lipinski definition) is 3. The van der Waals surface area contributed by atoms with Gasteiger partial charge in [0.05, 0.1) is 6.61 Å². The first-order valence-electron chi connectivity index (χ1n) is 6.25. The molecule has 0 saturated carbocycles. The normalized spacial score (nSPS) is 10.7. The minimum atomic E-state index is -2.93. The number of anilines is 1. The van der Waals surface area contributed by atoms with Gasteiger partial charge in [-0.1, -0.05) is 17.3 Å². The summed E-state index contributed by atoms with van der Waals surface area (Å²) in [5.41, 5.74) is 0.338. The monoisotopic (exact) mass is 340 g/mol. The number of aryl methyl sites for hydroxylation is 1. The van der Waals surface area contributed by atoms with Crippen molar-refractivity contribution in [2.24, 2.45) is 0 Å². The lowest BCUT2D eigenvalue weighted by Gasteiger charge is -2.05. The summed E-state index contributed by atoms with van der Waals surface area (Å²) in [7, 11) is -2.93. The van der Waals surface area contributed by atoms with Gasteiger partial charge < -0.3 is 14.9 Å². The Labute approximate surface area is 132 Å². The van der Waals surface area contributed by atoms with E-state index in [4.69, 9.17) is 9.63 Å². The maximum atomic E-state index is 12.1. The smallest absolute Gasteiger partial charge is 0.341 e. The molecule has 23 heavy (non-hydrogen) atoms. The zero-order valence-electron chi connectivity index (χ0n) is 11.8. The second kappa shape index (κ2) is 7.03. The average molecular weight is 340 g/mol. The van der Waals surface area contributed by atoms with Crippen molar-refractivity contribution >= 4 is 28.5 Å². The summed E-state index contributed by atoms with van der Waals surface area (Å²) in [6, 6.07) is 6.14. The number of carbonyl (C=O) groups is 2. The number of nitrogens with zero attached hydrogens (tertiary/aromatic N) is 1. The maximum Gasteiger partial charge on any atom is 0.341 e. The number of nitrogens with one attached hydrogen (secondary N) is 1. The standard InChI is InChI=1S/C13H12N2O7S/c1-7-10(13(17)18)11(15-22-7)12(16)14-9-4-2-8(3-5-9)6-21-23(19)20/h2-5,23H,6H2,1H3,(H,14,16)(H,17,18). The predicted octanol–water partition coefficient (Wildman–Crippen LogP) is 0.977. The summed E-state index contributed by atoms with van der Waals surface area (Å²) in [4.78, 5) is 23.1. The van der Waals surface area contributed by atoms with Crippen LogP contribution in [0, 0.1) is 6.92 Å². The molecule has 1 aromatic heterocycles. The van der Waals surface area contributed by atoms with E-state index in [0.717, 1.165) is 0 Å². The molecule has 1 heterocycles. The Bertz CT molecular complexity index is 800. The lowest BCUT2D eigenvalue weighted by Crippen LogP contribution is -2.16. The second-order valence-electron chi connectivity index (χ2n) is 4.42. The Kier molecular flexibility index (Phi) is 5.09. The van der Waals surface area contributed by atoms with Crippen molar-refractivity contribution in [1.29, 1.82) is 0 Å². The van der Waals surface area contributed by atoms with Gasteiger partial charge in [-0.15, -0.1) is 0 Å². The van der Waals surface area contributed by atoms with Crippen molar-refractivity contribution in [3.05, 3.63) is 46.8 Å². The molecule has 10 heteroatoms. The van der Waals surface area contributed by atoms with E-state index >= 15 is 0 Å². The van der Waals surface area contributed by atoms with Gasteiger partial charge in [0.25, 0.3) is 16.9 Å². The van der Waals surface area contributed by atoms with E-state index in [2.05, 4.69) is 14.7 Å². The number of amides is 1. The van der Waals surface area contributed by atoms with Crippen LogP contribution < -0.4 is 5.32 Å². The molecule has 0 aliphatic heterocycles. The quantitative estimate of drug-likeness (QED) is 0.662. The number of aromatic nitrogens is 1. The van der Waals surface area contributed by atoms with E-state index in [1.54, 1.807) is 12.1 Å². The second-order valence-corrected chi connectivity index (χ2v) is 5.12. The van der Waals surface area contributed by atoms with Gasteiger partial charge in [-0.3, -0.25) is 8.98 Å². The lowest BCUT2D eigenvalue weighted by atomic mass is 10.1. The molecule has 0 atom stereocenters. The van der Waals surface area contributed by atoms with Crippen LogP contribution in [0.2, 0.25) is 0 Å². The summed E-state index contributed by atoms with van der Waals surface area (Å²) in [5, 5.41) is 15.0. The van der Waals surface area contributed by atoms with Crippen LogP contribution in [0.25, 0.3) is 0 Å². The number of thiol groups is 1. The molecule has 2 rings (SSSR count). The average Bonchev–Trinajstić information content (AvgIpc) is 2.88. The van der Waals surface area contributed by atoms with E-state index in [0.29, 0.717) is 11.3 Å². The number of hydrogen-bond acceptors (Lipinski definition) is 7. The van der Waals surface area contributed by atoms with Crippen LogP contribution in [0.15, 0.2) is 28.8 Å². The highest BCUT2D eigenvalue weighted by Gasteiger charge is 2.25. The van der Waals surface area contributed by atoms with Crippen LogP contribution in [0.4, 0.5) is 5.69 Å². The van der Waals surface area contributed by atoms with Crippen molar-refractivity contribution in [1.82, 2.24) is 5.16 Å². The third-order valence-electron chi connectivity index (χ3n) is 2.84. The van der Waals surface area contributed by atoms with Gasteiger partial charge >= 0.3 is 5.97 Å². The molecule has 0 unspecified atom stereocenters. The van der Waals surface area contributed by atoms with Crippen LogP contribution >= 0.6 is 0 Å². The lowest BCUT2D eigenvalue weighted by molar-refractivity contribution is 0.0691. The maximum absolute atomic E-state index is 12.1. The van der Waals surface area contributed by atoms with Crippen LogP contribution in [-0.4, -0.2) is 30.6 Å². The van der Waals surface area contributed by atoms with Crippen LogP contribution in [0.5, 0.6) is 0 Å². The Morgan fingerprint density at radius 2 is 1.96 bits per heavy atom. The summed E-state index contributed by atoms with van der Waals surface area (Å²) in [6.07, 6.45) is 0. The SMILES string of the molecule is Cc1onc(C(=O)Nc2ccc(CO[SH](=O)=O)cc2)c1C(=O)O. The first-order valence-corrected chi connectivity index (χ1v) is 7.35. The van der Waals surface area contributed by atoms with Gasteiger partial charge in [0.1, 0.15) is 11.3 Å². The minimum Gasteiger partial charge on any atom is -0.477 e. The highest BCUT2D eigenvalue weighted by Crippen LogP contribution is 2.16. The van der Waals surface area contributed by atoms with Gasteiger partial charge in [-0.05, 0) is 24.6 Å². The number of carboxylic acids is 1. The Hall–Kier alpha value is -2.72. The van der Waals surface area contributed by atoms with Gasteiger partial charge in [0, 0.05) is 5.69 Å². The summed E-state index contributed by atoms with van der Waals surface area (Å²) >= 11 is 0. The number of aromatic carboxylic acids is 1. The zero-order valence-corrected chi connectivity index (χ0v) is 12.7. The molecule has 0 aliphatic rings. The highest BCUT2D eigenvalue weighted by atomic mass is 32.2. The largest absolute Gasteiger partial charge is 0.477 e. The van der Waals surface area contributed by atoms with E-state index in [-0.39, 0.29) is 23.6 Å². The first-order chi connectivity index (χ1) is 10.9. The summed E-state index contributed by atoms with van der Waals surface area (Å²) in [6.45, 7) is 1.28. The molecule has 0 spiro atoms. The first kappa shape index (κ1) is 16.6. The topological polar surface area (TPSA) is 136 Å². The molecule has 0 saturated heterocycles. The van der Waals surface area contributed by atoms with Crippen molar-refractivity contribution in [3.8, 4) is 0 Å². The molecular weight excluding hydrogens is 328 g/mol. The van der Waals surface area contributed by atoms with Crippen molar-refractivity contribution < 1.29 is 31.8 Å². The van der Waals surface area contributed by atoms with Crippen LogP contribution in [-0.2, 0) is 21.8 Å². The van der Waals surface area contributed by atoms with Crippen molar-refractivity contribution in [2.45, 2.75) is 13.5 Å². The van der Waals surface area contributed by atoms with Crippen LogP contribution in [0.1, 0.15) is 32.2 Å². The Morgan fingerprint density at radius 3 is 2.52 bits per heavy atom. The molecule has 1 amide bonds. The molecule has 122 valence electrons. The molecule has 2 N–H and O–H groups in total.